The van der Waals surface area contributed by atoms with E-state index in [-0.39, 0.29) is 30.4 Å². The molecule has 2 amide bonds. The van der Waals surface area contributed by atoms with Gasteiger partial charge in [-0.2, -0.15) is 0 Å². The molecule has 3 heterocycles. The Morgan fingerprint density at radius 3 is 2.54 bits per heavy atom. The number of nitrogens with one attached hydrogen (secondary N) is 1. The number of halogens is 1. The summed E-state index contributed by atoms with van der Waals surface area (Å²) >= 11 is 6.05. The summed E-state index contributed by atoms with van der Waals surface area (Å²) < 4.78 is 11.7. The molecule has 4 aromatic rings. The highest BCUT2D eigenvalue weighted by Gasteiger charge is 2.56. The average molecular weight is 572 g/mol. The second-order valence-electron chi connectivity index (χ2n) is 11.3. The number of ether oxygens (including phenoxy) is 2. The molecule has 0 radical (unpaired) electrons. The van der Waals surface area contributed by atoms with Gasteiger partial charge in [0, 0.05) is 34.9 Å². The lowest BCUT2D eigenvalue weighted by molar-refractivity contribution is -0.166. The first kappa shape index (κ1) is 27.2. The van der Waals surface area contributed by atoms with Crippen LogP contribution in [-0.4, -0.2) is 59.4 Å². The Labute approximate surface area is 245 Å². The van der Waals surface area contributed by atoms with Crippen LogP contribution in [-0.2, 0) is 21.5 Å². The molecule has 2 aliphatic heterocycles. The van der Waals surface area contributed by atoms with E-state index in [2.05, 4.69) is 11.1 Å². The molecule has 41 heavy (non-hydrogen) atoms. The molecule has 1 N–H and O–H groups in total. The molecule has 3 aromatic carbocycles. The van der Waals surface area contributed by atoms with Gasteiger partial charge in [0.1, 0.15) is 0 Å². The van der Waals surface area contributed by atoms with Gasteiger partial charge < -0.3 is 24.3 Å². The molecule has 212 valence electrons. The molecule has 1 fully saturated rings. The Balaban J connectivity index is 1.42. The first-order valence-corrected chi connectivity index (χ1v) is 14.4. The number of carbonyl (C=O) groups is 2. The summed E-state index contributed by atoms with van der Waals surface area (Å²) in [5, 5.41) is 1.72. The fourth-order valence-electron chi connectivity index (χ4n) is 6.32. The normalized spacial score (nSPS) is 20.4. The summed E-state index contributed by atoms with van der Waals surface area (Å²) in [6, 6.07) is 21.6. The van der Waals surface area contributed by atoms with Crippen LogP contribution in [0, 0.1) is 0 Å². The van der Waals surface area contributed by atoms with Crippen LogP contribution in [0.3, 0.4) is 0 Å². The molecule has 0 bridgehead atoms. The fourth-order valence-corrected chi connectivity index (χ4v) is 6.45. The number of methoxy groups -OCH3 is 1. The van der Waals surface area contributed by atoms with Gasteiger partial charge in [0.2, 0.25) is 5.91 Å². The molecule has 0 unspecified atom stereocenters. The zero-order chi connectivity index (χ0) is 28.9. The number of benzene rings is 3. The third kappa shape index (κ3) is 4.62. The third-order valence-corrected chi connectivity index (χ3v) is 8.61. The van der Waals surface area contributed by atoms with Gasteiger partial charge in [-0.25, -0.2) is 0 Å². The molecule has 1 saturated heterocycles. The van der Waals surface area contributed by atoms with Crippen molar-refractivity contribution in [2.24, 2.45) is 0 Å². The van der Waals surface area contributed by atoms with Crippen LogP contribution in [0.25, 0.3) is 10.9 Å². The summed E-state index contributed by atoms with van der Waals surface area (Å²) in [5.41, 5.74) is 3.67. The maximum atomic E-state index is 14.3. The molecule has 7 nitrogen and oxygen atoms in total. The predicted octanol–water partition coefficient (Wildman–Crippen LogP) is 5.89. The van der Waals surface area contributed by atoms with Gasteiger partial charge >= 0.3 is 0 Å². The molecule has 0 spiro atoms. The number of H-pyrrole nitrogens is 1. The maximum absolute atomic E-state index is 14.3. The number of hydrogen-bond acceptors (Lipinski definition) is 4. The number of fused-ring (bicyclic) bond motifs is 5. The van der Waals surface area contributed by atoms with E-state index in [1.54, 1.807) is 16.9 Å². The predicted molar refractivity (Wildman–Crippen MR) is 160 cm³/mol. The Kier molecular flexibility index (Phi) is 6.94. The molecule has 0 aliphatic carbocycles. The van der Waals surface area contributed by atoms with Crippen molar-refractivity contribution in [2.75, 3.05) is 26.7 Å². The summed E-state index contributed by atoms with van der Waals surface area (Å²) in [4.78, 5) is 35.1. The number of nitrogens with zero attached hydrogens (tertiary/aromatic N) is 2. The summed E-state index contributed by atoms with van der Waals surface area (Å²) in [6.07, 6.45) is 0.643. The van der Waals surface area contributed by atoms with Crippen LogP contribution in [0.2, 0.25) is 5.02 Å². The first-order valence-electron chi connectivity index (χ1n) is 14.0. The minimum atomic E-state index is -1.15. The zero-order valence-electron chi connectivity index (χ0n) is 23.7. The van der Waals surface area contributed by atoms with E-state index in [1.165, 1.54) is 0 Å². The molecule has 0 saturated carbocycles. The van der Waals surface area contributed by atoms with E-state index in [9.17, 15) is 9.59 Å². The van der Waals surface area contributed by atoms with E-state index < -0.39 is 5.54 Å². The van der Waals surface area contributed by atoms with Crippen molar-refractivity contribution in [3.05, 3.63) is 94.1 Å². The lowest BCUT2D eigenvalue weighted by Gasteiger charge is -2.51. The number of aromatic nitrogens is 1. The quantitative estimate of drug-likeness (QED) is 0.300. The summed E-state index contributed by atoms with van der Waals surface area (Å²) in [7, 11) is 1.63. The van der Waals surface area contributed by atoms with Gasteiger partial charge in [-0.15, -0.1) is 0 Å². The number of amides is 2. The lowest BCUT2D eigenvalue weighted by atomic mass is 9.76. The topological polar surface area (TPSA) is 74.9 Å². The van der Waals surface area contributed by atoms with Crippen molar-refractivity contribution in [3.8, 4) is 11.5 Å². The Hall–Kier alpha value is -3.97. The van der Waals surface area contributed by atoms with Gasteiger partial charge in [-0.3, -0.25) is 9.59 Å². The second-order valence-corrected chi connectivity index (χ2v) is 11.7. The smallest absolute Gasteiger partial charge is 0.254 e. The fraction of sp³-hybridized carbons (Fsp3) is 0.333. The summed E-state index contributed by atoms with van der Waals surface area (Å²) in [6.45, 7) is 6.72. The number of carbonyl (C=O) groups excluding carboxylic acids is 2. The minimum Gasteiger partial charge on any atom is -0.493 e. The molecular formula is C33H34ClN3O4. The monoisotopic (exact) mass is 571 g/mol. The molecular weight excluding hydrogens is 538 g/mol. The van der Waals surface area contributed by atoms with Gasteiger partial charge in [-0.05, 0) is 74.2 Å². The molecule has 2 aliphatic rings. The number of para-hydroxylation sites is 1. The van der Waals surface area contributed by atoms with Gasteiger partial charge in [0.05, 0.1) is 25.5 Å². The molecule has 8 heteroatoms. The number of rotatable bonds is 7. The first-order chi connectivity index (χ1) is 19.7. The highest BCUT2D eigenvalue weighted by atomic mass is 35.5. The average Bonchev–Trinajstić information content (AvgIpc) is 3.36. The molecule has 1 aromatic heterocycles. The zero-order valence-corrected chi connectivity index (χ0v) is 24.5. The van der Waals surface area contributed by atoms with Crippen molar-refractivity contribution < 1.29 is 19.1 Å². The van der Waals surface area contributed by atoms with E-state index >= 15 is 0 Å². The summed E-state index contributed by atoms with van der Waals surface area (Å²) in [5.74, 6) is 1.01. The number of aromatic amines is 1. The number of hydrogen-bond donors (Lipinski definition) is 1. The van der Waals surface area contributed by atoms with Crippen LogP contribution in [0.15, 0.2) is 66.7 Å². The van der Waals surface area contributed by atoms with Crippen molar-refractivity contribution in [1.29, 1.82) is 0 Å². The Morgan fingerprint density at radius 2 is 1.80 bits per heavy atom. The van der Waals surface area contributed by atoms with Crippen LogP contribution < -0.4 is 9.47 Å². The van der Waals surface area contributed by atoms with E-state index in [0.717, 1.165) is 33.3 Å². The van der Waals surface area contributed by atoms with Gasteiger partial charge in [0.15, 0.2) is 17.0 Å². The molecule has 6 rings (SSSR count). The molecule has 2 atom stereocenters. The van der Waals surface area contributed by atoms with Crippen molar-refractivity contribution >= 4 is 34.3 Å². The standard InChI is InChI=1S/C33H34ClN3O4/c1-20(2)41-27-14-11-22(17-28(27)40-4)25-18-37-29(38)19-36(16-15-21-9-12-23(34)13-10-21)32(39)33(37,3)31-30(25)24-7-5-6-8-26(24)35-31/h5-14,17,20,25,35H,15-16,18-19H2,1-4H3/t25-,33-/m0/s1. The van der Waals surface area contributed by atoms with Crippen LogP contribution in [0.4, 0.5) is 0 Å². The van der Waals surface area contributed by atoms with E-state index in [0.29, 0.717) is 36.0 Å². The van der Waals surface area contributed by atoms with Gasteiger partial charge in [-0.1, -0.05) is 48.0 Å². The van der Waals surface area contributed by atoms with Crippen LogP contribution in [0.1, 0.15) is 49.1 Å². The second kappa shape index (κ2) is 10.5. The van der Waals surface area contributed by atoms with E-state index in [4.69, 9.17) is 21.1 Å². The van der Waals surface area contributed by atoms with Crippen molar-refractivity contribution in [2.45, 2.75) is 44.8 Å². The van der Waals surface area contributed by atoms with E-state index in [1.807, 2.05) is 81.4 Å². The highest BCUT2D eigenvalue weighted by Crippen LogP contribution is 2.49. The maximum Gasteiger partial charge on any atom is 0.254 e. The van der Waals surface area contributed by atoms with Crippen molar-refractivity contribution in [3.63, 3.8) is 0 Å². The van der Waals surface area contributed by atoms with Crippen LogP contribution in [0.5, 0.6) is 11.5 Å². The van der Waals surface area contributed by atoms with Gasteiger partial charge in [0.25, 0.3) is 5.91 Å². The SMILES string of the molecule is COc1cc([C@@H]2CN3C(=O)CN(CCc4ccc(Cl)cc4)C(=O)[C@]3(C)c3[nH]c4ccccc4c32)ccc1OC(C)C. The Morgan fingerprint density at radius 1 is 1.05 bits per heavy atom. The number of piperazine rings is 1. The lowest BCUT2D eigenvalue weighted by Crippen LogP contribution is -2.67. The van der Waals surface area contributed by atoms with Crippen LogP contribution >= 0.6 is 11.6 Å². The highest BCUT2D eigenvalue weighted by molar-refractivity contribution is 6.30. The van der Waals surface area contributed by atoms with Crippen molar-refractivity contribution in [1.82, 2.24) is 14.8 Å². The Bertz CT molecular complexity index is 1630. The minimum absolute atomic E-state index is 0.00461. The third-order valence-electron chi connectivity index (χ3n) is 8.35. The largest absolute Gasteiger partial charge is 0.493 e.